The molecule has 0 saturated carbocycles. The largest absolute Gasteiger partial charge is 0.341 e. The molecule has 4 rings (SSSR count). The van der Waals surface area contributed by atoms with Gasteiger partial charge in [-0.05, 0) is 38.2 Å². The summed E-state index contributed by atoms with van der Waals surface area (Å²) in [4.78, 5) is 14.8. The van der Waals surface area contributed by atoms with Crippen LogP contribution < -0.4 is 0 Å². The normalized spacial score (nSPS) is 23.5. The molecule has 0 bridgehead atoms. The van der Waals surface area contributed by atoms with Gasteiger partial charge in [0.1, 0.15) is 0 Å². The maximum absolute atomic E-state index is 12.8. The first kappa shape index (κ1) is 14.5. The quantitative estimate of drug-likeness (QED) is 0.913. The van der Waals surface area contributed by atoms with E-state index in [4.69, 9.17) is 0 Å². The van der Waals surface area contributed by atoms with Gasteiger partial charge in [0.2, 0.25) is 5.91 Å². The Morgan fingerprint density at radius 2 is 2.30 bits per heavy atom. The van der Waals surface area contributed by atoms with Crippen LogP contribution >= 0.6 is 0 Å². The molecule has 1 atom stereocenters. The number of aromatic amines is 1. The van der Waals surface area contributed by atoms with Gasteiger partial charge in [-0.1, -0.05) is 0 Å². The van der Waals surface area contributed by atoms with Crippen molar-refractivity contribution in [3.8, 4) is 0 Å². The van der Waals surface area contributed by atoms with E-state index in [0.717, 1.165) is 50.0 Å². The number of rotatable bonds is 2. The number of nitrogens with zero attached hydrogens (tertiary/aromatic N) is 4. The maximum Gasteiger partial charge on any atom is 0.227 e. The van der Waals surface area contributed by atoms with E-state index in [2.05, 4.69) is 15.3 Å². The monoisotopic (exact) mass is 313 g/mol. The number of likely N-dealkylation sites (tertiary alicyclic amines) is 1. The summed E-state index contributed by atoms with van der Waals surface area (Å²) in [6.45, 7) is 3.65. The molecule has 2 aromatic rings. The van der Waals surface area contributed by atoms with E-state index in [1.165, 1.54) is 11.3 Å². The molecule has 122 valence electrons. The number of hydrogen-bond donors (Lipinski definition) is 1. The zero-order valence-corrected chi connectivity index (χ0v) is 13.8. The summed E-state index contributed by atoms with van der Waals surface area (Å²) in [5.41, 5.74) is 4.69. The molecule has 23 heavy (non-hydrogen) atoms. The predicted molar refractivity (Wildman–Crippen MR) is 86.0 cm³/mol. The van der Waals surface area contributed by atoms with Crippen LogP contribution in [0.4, 0.5) is 0 Å². The minimum Gasteiger partial charge on any atom is -0.341 e. The summed E-state index contributed by atoms with van der Waals surface area (Å²) < 4.78 is 1.78. The van der Waals surface area contributed by atoms with Crippen molar-refractivity contribution in [2.24, 2.45) is 7.05 Å². The van der Waals surface area contributed by atoms with Gasteiger partial charge in [0.05, 0.1) is 18.3 Å². The highest BCUT2D eigenvalue weighted by Crippen LogP contribution is 2.43. The van der Waals surface area contributed by atoms with Crippen LogP contribution in [0, 0.1) is 6.92 Å². The lowest BCUT2D eigenvalue weighted by molar-refractivity contribution is -0.132. The molecule has 1 saturated heterocycles. The lowest BCUT2D eigenvalue weighted by Crippen LogP contribution is -2.48. The lowest BCUT2D eigenvalue weighted by atomic mass is 9.77. The van der Waals surface area contributed by atoms with Crippen LogP contribution in [0.15, 0.2) is 12.4 Å². The third kappa shape index (κ3) is 2.36. The second-order valence-electron chi connectivity index (χ2n) is 7.06. The zero-order valence-electron chi connectivity index (χ0n) is 13.8. The van der Waals surface area contributed by atoms with Crippen LogP contribution in [-0.2, 0) is 30.1 Å². The smallest absolute Gasteiger partial charge is 0.227 e. The van der Waals surface area contributed by atoms with E-state index in [9.17, 15) is 4.79 Å². The SMILES string of the molecule is Cc1nn(C)cc1CC(=O)N1CCCC2(CCc3cn[nH]c32)C1. The summed E-state index contributed by atoms with van der Waals surface area (Å²) in [5.74, 6) is 0.216. The average molecular weight is 313 g/mol. The Bertz CT molecular complexity index is 746. The molecule has 1 spiro atoms. The Labute approximate surface area is 135 Å². The van der Waals surface area contributed by atoms with Gasteiger partial charge in [-0.25, -0.2) is 0 Å². The molecule has 6 heteroatoms. The number of piperidine rings is 1. The van der Waals surface area contributed by atoms with Crippen molar-refractivity contribution in [1.82, 2.24) is 24.9 Å². The van der Waals surface area contributed by atoms with Crippen LogP contribution in [0.25, 0.3) is 0 Å². The molecule has 3 heterocycles. The van der Waals surface area contributed by atoms with Crippen LogP contribution in [0.3, 0.4) is 0 Å². The van der Waals surface area contributed by atoms with E-state index >= 15 is 0 Å². The second-order valence-corrected chi connectivity index (χ2v) is 7.06. The molecule has 1 fully saturated rings. The van der Waals surface area contributed by atoms with Crippen LogP contribution in [0.1, 0.15) is 41.8 Å². The Kier molecular flexibility index (Phi) is 3.28. The van der Waals surface area contributed by atoms with Crippen LogP contribution in [0.2, 0.25) is 0 Å². The molecule has 6 nitrogen and oxygen atoms in total. The minimum absolute atomic E-state index is 0.101. The topological polar surface area (TPSA) is 66.8 Å². The van der Waals surface area contributed by atoms with Crippen molar-refractivity contribution in [2.45, 2.75) is 44.4 Å². The van der Waals surface area contributed by atoms with Gasteiger partial charge < -0.3 is 4.90 Å². The molecule has 0 aromatic carbocycles. The van der Waals surface area contributed by atoms with Crippen molar-refractivity contribution in [3.63, 3.8) is 0 Å². The Morgan fingerprint density at radius 3 is 3.09 bits per heavy atom. The van der Waals surface area contributed by atoms with E-state index in [0.29, 0.717) is 6.42 Å². The molecule has 0 radical (unpaired) electrons. The number of aryl methyl sites for hydroxylation is 3. The van der Waals surface area contributed by atoms with E-state index in [1.807, 2.05) is 31.3 Å². The molecule has 2 aliphatic rings. The standard InChI is InChI=1S/C17H23N5O/c1-12-14(10-21(2)20-12)8-15(23)22-7-3-5-17(11-22)6-4-13-9-18-19-16(13)17/h9-10H,3-8,11H2,1-2H3,(H,18,19). The summed E-state index contributed by atoms with van der Waals surface area (Å²) in [6, 6.07) is 0. The van der Waals surface area contributed by atoms with Gasteiger partial charge in [0, 0.05) is 43.0 Å². The highest BCUT2D eigenvalue weighted by molar-refractivity contribution is 5.79. The fraction of sp³-hybridized carbons (Fsp3) is 0.588. The van der Waals surface area contributed by atoms with Crippen LogP contribution in [0.5, 0.6) is 0 Å². The molecular formula is C17H23N5O. The number of carbonyl (C=O) groups is 1. The fourth-order valence-corrected chi connectivity index (χ4v) is 4.31. The van der Waals surface area contributed by atoms with Crippen LogP contribution in [-0.4, -0.2) is 43.9 Å². The first-order valence-corrected chi connectivity index (χ1v) is 8.37. The number of nitrogens with one attached hydrogen (secondary N) is 1. The highest BCUT2D eigenvalue weighted by Gasteiger charge is 2.44. The van der Waals surface area contributed by atoms with E-state index in [-0.39, 0.29) is 11.3 Å². The van der Waals surface area contributed by atoms with Gasteiger partial charge >= 0.3 is 0 Å². The number of hydrogen-bond acceptors (Lipinski definition) is 3. The number of carbonyl (C=O) groups excluding carboxylic acids is 1. The Morgan fingerprint density at radius 1 is 1.43 bits per heavy atom. The van der Waals surface area contributed by atoms with Gasteiger partial charge in [-0.15, -0.1) is 0 Å². The number of H-pyrrole nitrogens is 1. The number of amides is 1. The third-order valence-corrected chi connectivity index (χ3v) is 5.51. The van der Waals surface area contributed by atoms with Gasteiger partial charge in [-0.2, -0.15) is 10.2 Å². The second kappa shape index (κ2) is 5.22. The molecule has 1 aliphatic carbocycles. The van der Waals surface area contributed by atoms with E-state index < -0.39 is 0 Å². The summed E-state index contributed by atoms with van der Waals surface area (Å²) in [7, 11) is 1.90. The van der Waals surface area contributed by atoms with Gasteiger partial charge in [-0.3, -0.25) is 14.6 Å². The van der Waals surface area contributed by atoms with Crippen molar-refractivity contribution >= 4 is 5.91 Å². The molecule has 1 aliphatic heterocycles. The fourth-order valence-electron chi connectivity index (χ4n) is 4.31. The van der Waals surface area contributed by atoms with E-state index in [1.54, 1.807) is 4.68 Å². The first-order chi connectivity index (χ1) is 11.1. The van der Waals surface area contributed by atoms with Crippen molar-refractivity contribution < 1.29 is 4.79 Å². The number of fused-ring (bicyclic) bond motifs is 2. The summed E-state index contributed by atoms with van der Waals surface area (Å²) in [5, 5.41) is 11.7. The lowest BCUT2D eigenvalue weighted by Gasteiger charge is -2.40. The van der Waals surface area contributed by atoms with Gasteiger partial charge in [0.25, 0.3) is 0 Å². The maximum atomic E-state index is 12.8. The molecule has 1 N–H and O–H groups in total. The zero-order chi connectivity index (χ0) is 16.0. The molecule has 1 amide bonds. The third-order valence-electron chi connectivity index (χ3n) is 5.51. The summed E-state index contributed by atoms with van der Waals surface area (Å²) in [6.07, 6.45) is 8.78. The van der Waals surface area contributed by atoms with Crippen molar-refractivity contribution in [1.29, 1.82) is 0 Å². The van der Waals surface area contributed by atoms with Gasteiger partial charge in [0.15, 0.2) is 0 Å². The first-order valence-electron chi connectivity index (χ1n) is 8.37. The Hall–Kier alpha value is -2.11. The van der Waals surface area contributed by atoms with Crippen molar-refractivity contribution in [3.05, 3.63) is 34.9 Å². The predicted octanol–water partition coefficient (Wildman–Crippen LogP) is 1.50. The molecular weight excluding hydrogens is 290 g/mol. The molecule has 1 unspecified atom stereocenters. The van der Waals surface area contributed by atoms with Crippen molar-refractivity contribution in [2.75, 3.05) is 13.1 Å². The molecule has 2 aromatic heterocycles. The average Bonchev–Trinajstić information content (AvgIpc) is 3.19. The minimum atomic E-state index is 0.101. The number of aromatic nitrogens is 4. The highest BCUT2D eigenvalue weighted by atomic mass is 16.2. The Balaban J connectivity index is 1.52. The summed E-state index contributed by atoms with van der Waals surface area (Å²) >= 11 is 0.